The summed E-state index contributed by atoms with van der Waals surface area (Å²) >= 11 is 1.84. The first-order valence-corrected chi connectivity index (χ1v) is 7.50. The van der Waals surface area contributed by atoms with Crippen molar-refractivity contribution in [3.05, 3.63) is 21.9 Å². The highest BCUT2D eigenvalue weighted by molar-refractivity contribution is 7.11. The molecule has 0 bridgehead atoms. The number of rotatable bonds is 5. The van der Waals surface area contributed by atoms with E-state index in [2.05, 4.69) is 24.4 Å². The molecular formula is C14H23ClN2OS. The Hall–Kier alpha value is -0.580. The first-order chi connectivity index (χ1) is 8.66. The van der Waals surface area contributed by atoms with Crippen molar-refractivity contribution in [2.75, 3.05) is 20.1 Å². The van der Waals surface area contributed by atoms with Gasteiger partial charge in [-0.1, -0.05) is 0 Å². The lowest BCUT2D eigenvalue weighted by Crippen LogP contribution is -2.38. The van der Waals surface area contributed by atoms with Crippen molar-refractivity contribution in [1.82, 2.24) is 10.2 Å². The summed E-state index contributed by atoms with van der Waals surface area (Å²) in [5, 5.41) is 3.30. The fraction of sp³-hybridized carbons (Fsp3) is 0.643. The standard InChI is InChI=1S/C14H22N2OS.ClH/c1-11-6-7-13(18-11)4-3-5-14(17)16(2)12-8-9-15-10-12;/h6-7,12,15H,3-5,8-10H2,1-2H3;1H. The van der Waals surface area contributed by atoms with Crippen molar-refractivity contribution in [2.24, 2.45) is 0 Å². The summed E-state index contributed by atoms with van der Waals surface area (Å²) < 4.78 is 0. The third-order valence-electron chi connectivity index (χ3n) is 3.59. The Balaban J connectivity index is 0.00000180. The fourth-order valence-electron chi connectivity index (χ4n) is 2.38. The van der Waals surface area contributed by atoms with Crippen molar-refractivity contribution in [3.63, 3.8) is 0 Å². The van der Waals surface area contributed by atoms with E-state index in [4.69, 9.17) is 0 Å². The van der Waals surface area contributed by atoms with Crippen molar-refractivity contribution < 1.29 is 4.79 Å². The van der Waals surface area contributed by atoms with Gasteiger partial charge in [-0.05, 0) is 44.9 Å². The highest BCUT2D eigenvalue weighted by Crippen LogP contribution is 2.18. The molecule has 1 atom stereocenters. The van der Waals surface area contributed by atoms with Crippen molar-refractivity contribution in [2.45, 2.75) is 38.6 Å². The maximum absolute atomic E-state index is 12.0. The second-order valence-electron chi connectivity index (χ2n) is 5.02. The summed E-state index contributed by atoms with van der Waals surface area (Å²) in [5.41, 5.74) is 0. The van der Waals surface area contributed by atoms with Gasteiger partial charge in [0.1, 0.15) is 0 Å². The average Bonchev–Trinajstić information content (AvgIpc) is 2.99. The third-order valence-corrected chi connectivity index (χ3v) is 4.65. The van der Waals surface area contributed by atoms with Crippen LogP contribution in [0.4, 0.5) is 0 Å². The van der Waals surface area contributed by atoms with Crippen LogP contribution in [0.1, 0.15) is 29.0 Å². The van der Waals surface area contributed by atoms with Gasteiger partial charge in [0.15, 0.2) is 0 Å². The van der Waals surface area contributed by atoms with Crippen molar-refractivity contribution >= 4 is 29.7 Å². The molecule has 1 amide bonds. The van der Waals surface area contributed by atoms with Gasteiger partial charge in [0.2, 0.25) is 5.91 Å². The molecule has 0 spiro atoms. The number of nitrogens with zero attached hydrogens (tertiary/aromatic N) is 1. The van der Waals surface area contributed by atoms with Gasteiger partial charge >= 0.3 is 0 Å². The van der Waals surface area contributed by atoms with E-state index < -0.39 is 0 Å². The highest BCUT2D eigenvalue weighted by Gasteiger charge is 2.22. The van der Waals surface area contributed by atoms with Gasteiger partial charge in [0.05, 0.1) is 0 Å². The van der Waals surface area contributed by atoms with Gasteiger partial charge in [-0.15, -0.1) is 23.7 Å². The van der Waals surface area contributed by atoms with Crippen LogP contribution in [0.2, 0.25) is 0 Å². The van der Waals surface area contributed by atoms with E-state index in [1.54, 1.807) is 0 Å². The molecule has 1 aliphatic rings. The van der Waals surface area contributed by atoms with Crippen LogP contribution in [0.25, 0.3) is 0 Å². The second-order valence-corrected chi connectivity index (χ2v) is 6.39. The molecule has 0 aromatic carbocycles. The number of likely N-dealkylation sites (N-methyl/N-ethyl adjacent to an activating group) is 1. The van der Waals surface area contributed by atoms with Crippen LogP contribution in [-0.4, -0.2) is 37.0 Å². The monoisotopic (exact) mass is 302 g/mol. The molecule has 1 aliphatic heterocycles. The van der Waals surface area contributed by atoms with Crippen molar-refractivity contribution in [1.29, 1.82) is 0 Å². The molecule has 2 heterocycles. The summed E-state index contributed by atoms with van der Waals surface area (Å²) in [4.78, 5) is 16.7. The van der Waals surface area contributed by atoms with E-state index in [0.29, 0.717) is 12.5 Å². The number of aryl methyl sites for hydroxylation is 2. The van der Waals surface area contributed by atoms with Crippen LogP contribution in [0.5, 0.6) is 0 Å². The molecule has 2 rings (SSSR count). The van der Waals surface area contributed by atoms with Crippen LogP contribution < -0.4 is 5.32 Å². The van der Waals surface area contributed by atoms with Crippen LogP contribution in [0.15, 0.2) is 12.1 Å². The van der Waals surface area contributed by atoms with Gasteiger partial charge in [-0.3, -0.25) is 4.79 Å². The predicted octanol–water partition coefficient (Wildman–Crippen LogP) is 2.62. The zero-order valence-corrected chi connectivity index (χ0v) is 13.3. The van der Waals surface area contributed by atoms with E-state index in [9.17, 15) is 4.79 Å². The maximum atomic E-state index is 12.0. The Morgan fingerprint density at radius 1 is 1.53 bits per heavy atom. The average molecular weight is 303 g/mol. The lowest BCUT2D eigenvalue weighted by molar-refractivity contribution is -0.131. The molecule has 0 aliphatic carbocycles. The summed E-state index contributed by atoms with van der Waals surface area (Å²) in [6.45, 7) is 4.11. The minimum Gasteiger partial charge on any atom is -0.341 e. The van der Waals surface area contributed by atoms with E-state index in [1.807, 2.05) is 23.3 Å². The van der Waals surface area contributed by atoms with Crippen LogP contribution >= 0.6 is 23.7 Å². The number of nitrogens with one attached hydrogen (secondary N) is 1. The molecule has 1 saturated heterocycles. The zero-order chi connectivity index (χ0) is 13.0. The minimum absolute atomic E-state index is 0. The SMILES string of the molecule is Cc1ccc(CCCC(=O)N(C)C2CCNC2)s1.Cl. The lowest BCUT2D eigenvalue weighted by atomic mass is 10.1. The quantitative estimate of drug-likeness (QED) is 0.907. The first-order valence-electron chi connectivity index (χ1n) is 6.68. The van der Waals surface area contributed by atoms with Gasteiger partial charge in [0, 0.05) is 35.8 Å². The molecule has 1 N–H and O–H groups in total. The number of carbonyl (C=O) groups is 1. The van der Waals surface area contributed by atoms with Crippen LogP contribution in [0, 0.1) is 6.92 Å². The predicted molar refractivity (Wildman–Crippen MR) is 83.3 cm³/mol. The highest BCUT2D eigenvalue weighted by atomic mass is 35.5. The topological polar surface area (TPSA) is 32.3 Å². The number of hydrogen-bond acceptors (Lipinski definition) is 3. The van der Waals surface area contributed by atoms with Gasteiger partial charge in [-0.2, -0.15) is 0 Å². The minimum atomic E-state index is 0. The summed E-state index contributed by atoms with van der Waals surface area (Å²) in [6, 6.07) is 4.73. The number of hydrogen-bond donors (Lipinski definition) is 1. The molecule has 5 heteroatoms. The normalized spacial score (nSPS) is 18.1. The zero-order valence-electron chi connectivity index (χ0n) is 11.6. The molecule has 1 aromatic heterocycles. The van der Waals surface area contributed by atoms with E-state index >= 15 is 0 Å². The van der Waals surface area contributed by atoms with Crippen LogP contribution in [-0.2, 0) is 11.2 Å². The second kappa shape index (κ2) is 7.88. The molecule has 19 heavy (non-hydrogen) atoms. The summed E-state index contributed by atoms with van der Waals surface area (Å²) in [7, 11) is 1.94. The smallest absolute Gasteiger partial charge is 0.222 e. The maximum Gasteiger partial charge on any atom is 0.222 e. The number of halogens is 1. The number of thiophene rings is 1. The Kier molecular flexibility index (Phi) is 6.83. The Morgan fingerprint density at radius 2 is 2.32 bits per heavy atom. The van der Waals surface area contributed by atoms with Gasteiger partial charge in [-0.25, -0.2) is 0 Å². The Morgan fingerprint density at radius 3 is 2.89 bits per heavy atom. The molecular weight excluding hydrogens is 280 g/mol. The molecule has 3 nitrogen and oxygen atoms in total. The van der Waals surface area contributed by atoms with Crippen LogP contribution in [0.3, 0.4) is 0 Å². The molecule has 0 saturated carbocycles. The molecule has 1 fully saturated rings. The molecule has 1 aromatic rings. The molecule has 0 radical (unpaired) electrons. The van der Waals surface area contributed by atoms with Gasteiger partial charge in [0.25, 0.3) is 0 Å². The van der Waals surface area contributed by atoms with E-state index in [0.717, 1.165) is 32.4 Å². The number of amides is 1. The summed E-state index contributed by atoms with van der Waals surface area (Å²) in [5.74, 6) is 0.289. The lowest BCUT2D eigenvalue weighted by Gasteiger charge is -2.23. The molecule has 1 unspecified atom stereocenters. The summed E-state index contributed by atoms with van der Waals surface area (Å²) in [6.07, 6.45) is 3.75. The van der Waals surface area contributed by atoms with E-state index in [1.165, 1.54) is 9.75 Å². The number of carbonyl (C=O) groups excluding carboxylic acids is 1. The fourth-order valence-corrected chi connectivity index (χ4v) is 3.32. The first kappa shape index (κ1) is 16.5. The third kappa shape index (κ3) is 4.79. The molecule has 108 valence electrons. The Bertz CT molecular complexity index is 402. The van der Waals surface area contributed by atoms with Crippen molar-refractivity contribution in [3.8, 4) is 0 Å². The Labute approximate surface area is 125 Å². The van der Waals surface area contributed by atoms with Gasteiger partial charge < -0.3 is 10.2 Å². The largest absolute Gasteiger partial charge is 0.341 e. The van der Waals surface area contributed by atoms with E-state index in [-0.39, 0.29) is 18.3 Å².